The van der Waals surface area contributed by atoms with Crippen molar-refractivity contribution in [3.8, 4) is 11.5 Å². The lowest BCUT2D eigenvalue weighted by Crippen LogP contribution is -2.46. The van der Waals surface area contributed by atoms with Gasteiger partial charge in [-0.3, -0.25) is 15.0 Å². The molecule has 0 unspecified atom stereocenters. The summed E-state index contributed by atoms with van der Waals surface area (Å²) in [6, 6.07) is 0.795. The van der Waals surface area contributed by atoms with Gasteiger partial charge in [-0.2, -0.15) is 0 Å². The minimum absolute atomic E-state index is 0.0200. The summed E-state index contributed by atoms with van der Waals surface area (Å²) in [5.74, 6) is -1.72. The Labute approximate surface area is 139 Å². The van der Waals surface area contributed by atoms with Crippen LogP contribution in [0.3, 0.4) is 0 Å². The van der Waals surface area contributed by atoms with Crippen molar-refractivity contribution in [2.24, 2.45) is 5.73 Å². The van der Waals surface area contributed by atoms with Crippen LogP contribution in [0.4, 0.5) is 10.5 Å². The highest BCUT2D eigenvalue weighted by molar-refractivity contribution is 6.15. The van der Waals surface area contributed by atoms with E-state index in [0.717, 1.165) is 4.90 Å². The molecular weight excluding hydrogens is 316 g/mol. The van der Waals surface area contributed by atoms with E-state index >= 15 is 0 Å². The molecule has 0 aliphatic rings. The second-order valence-corrected chi connectivity index (χ2v) is 4.96. The molecule has 0 radical (unpaired) electrons. The van der Waals surface area contributed by atoms with E-state index in [9.17, 15) is 14.4 Å². The third-order valence-electron chi connectivity index (χ3n) is 3.02. The van der Waals surface area contributed by atoms with E-state index in [-0.39, 0.29) is 17.2 Å². The SMILES string of the molecule is CNC(=O)N(C(=N)N)c1c(C)cc(OC(C)=O)c(OC(C)=O)c1C. The van der Waals surface area contributed by atoms with Gasteiger partial charge in [-0.25, -0.2) is 9.69 Å². The standard InChI is InChI=1S/C15H20N4O5/c1-7-6-11(23-9(3)20)13(24-10(4)21)8(2)12(7)19(14(16)17)15(22)18-5/h6H,1-5H3,(H3,16,17)(H,18,22). The number of rotatable bonds is 3. The van der Waals surface area contributed by atoms with E-state index in [1.807, 2.05) is 0 Å². The van der Waals surface area contributed by atoms with Crippen LogP contribution in [0.25, 0.3) is 0 Å². The van der Waals surface area contributed by atoms with Gasteiger partial charge in [0.05, 0.1) is 5.69 Å². The van der Waals surface area contributed by atoms with Gasteiger partial charge in [0.15, 0.2) is 11.5 Å². The Balaban J connectivity index is 3.67. The number of hydrogen-bond donors (Lipinski definition) is 3. The van der Waals surface area contributed by atoms with Crippen molar-refractivity contribution in [2.75, 3.05) is 11.9 Å². The molecular formula is C15H20N4O5. The number of nitrogens with two attached hydrogens (primary N) is 1. The average molecular weight is 336 g/mol. The molecule has 2 amide bonds. The van der Waals surface area contributed by atoms with Crippen molar-refractivity contribution in [3.05, 3.63) is 17.2 Å². The number of ether oxygens (including phenoxy) is 2. The summed E-state index contributed by atoms with van der Waals surface area (Å²) in [4.78, 5) is 35.6. The summed E-state index contributed by atoms with van der Waals surface area (Å²) in [5, 5.41) is 10.0. The third-order valence-corrected chi connectivity index (χ3v) is 3.02. The van der Waals surface area contributed by atoms with Gasteiger partial charge in [-0.05, 0) is 25.5 Å². The highest BCUT2D eigenvalue weighted by Gasteiger charge is 2.26. The van der Waals surface area contributed by atoms with Gasteiger partial charge >= 0.3 is 18.0 Å². The zero-order chi connectivity index (χ0) is 18.6. The number of benzene rings is 1. The van der Waals surface area contributed by atoms with Crippen molar-refractivity contribution < 1.29 is 23.9 Å². The quantitative estimate of drug-likeness (QED) is 0.328. The van der Waals surface area contributed by atoms with Crippen molar-refractivity contribution in [1.82, 2.24) is 5.32 Å². The smallest absolute Gasteiger partial charge is 0.328 e. The normalized spacial score (nSPS) is 9.88. The molecule has 0 saturated carbocycles. The van der Waals surface area contributed by atoms with Crippen LogP contribution in [-0.4, -0.2) is 31.0 Å². The van der Waals surface area contributed by atoms with Crippen LogP contribution >= 0.6 is 0 Å². The summed E-state index contributed by atoms with van der Waals surface area (Å²) in [6.45, 7) is 5.61. The van der Waals surface area contributed by atoms with E-state index < -0.39 is 23.9 Å². The molecule has 0 aliphatic heterocycles. The molecule has 0 aromatic heterocycles. The number of carbonyl (C=O) groups is 3. The van der Waals surface area contributed by atoms with Gasteiger partial charge in [0.2, 0.25) is 5.96 Å². The second-order valence-electron chi connectivity index (χ2n) is 4.96. The molecule has 0 fully saturated rings. The summed E-state index contributed by atoms with van der Waals surface area (Å²) in [6.07, 6.45) is 0. The van der Waals surface area contributed by atoms with Crippen LogP contribution in [0.5, 0.6) is 11.5 Å². The third kappa shape index (κ3) is 4.00. The van der Waals surface area contributed by atoms with Gasteiger partial charge in [-0.1, -0.05) is 0 Å². The van der Waals surface area contributed by atoms with Gasteiger partial charge in [0.25, 0.3) is 0 Å². The maximum Gasteiger partial charge on any atom is 0.328 e. The second kappa shape index (κ2) is 7.44. The zero-order valence-electron chi connectivity index (χ0n) is 14.1. The highest BCUT2D eigenvalue weighted by Crippen LogP contribution is 2.40. The monoisotopic (exact) mass is 336 g/mol. The summed E-state index contributed by atoms with van der Waals surface area (Å²) < 4.78 is 10.2. The summed E-state index contributed by atoms with van der Waals surface area (Å²) in [5.41, 5.74) is 6.58. The van der Waals surface area contributed by atoms with Gasteiger partial charge in [0, 0.05) is 26.5 Å². The van der Waals surface area contributed by atoms with Crippen LogP contribution in [0.1, 0.15) is 25.0 Å². The average Bonchev–Trinajstić information content (AvgIpc) is 2.45. The van der Waals surface area contributed by atoms with Gasteiger partial charge in [0.1, 0.15) is 0 Å². The number of nitrogens with zero attached hydrogens (tertiary/aromatic N) is 1. The van der Waals surface area contributed by atoms with Crippen molar-refractivity contribution in [3.63, 3.8) is 0 Å². The lowest BCUT2D eigenvalue weighted by Gasteiger charge is -2.26. The van der Waals surface area contributed by atoms with Crippen molar-refractivity contribution >= 4 is 29.6 Å². The molecule has 9 heteroatoms. The summed E-state index contributed by atoms with van der Waals surface area (Å²) >= 11 is 0. The first kappa shape index (κ1) is 18.9. The number of urea groups is 1. The Hall–Kier alpha value is -3.10. The number of anilines is 1. The number of esters is 2. The Bertz CT molecular complexity index is 714. The topological polar surface area (TPSA) is 135 Å². The lowest BCUT2D eigenvalue weighted by molar-refractivity contribution is -0.134. The highest BCUT2D eigenvalue weighted by atomic mass is 16.6. The number of carbonyl (C=O) groups excluding carboxylic acids is 3. The Morgan fingerprint density at radius 1 is 1.17 bits per heavy atom. The first-order valence-corrected chi connectivity index (χ1v) is 6.97. The fourth-order valence-corrected chi connectivity index (χ4v) is 2.21. The largest absolute Gasteiger partial charge is 0.423 e. The first-order valence-electron chi connectivity index (χ1n) is 6.97. The van der Waals surface area contributed by atoms with Crippen LogP contribution in [-0.2, 0) is 9.59 Å². The van der Waals surface area contributed by atoms with Gasteiger partial charge in [-0.15, -0.1) is 0 Å². The molecule has 0 aliphatic carbocycles. The number of aryl methyl sites for hydroxylation is 1. The molecule has 1 rings (SSSR count). The minimum Gasteiger partial charge on any atom is -0.423 e. The fourth-order valence-electron chi connectivity index (χ4n) is 2.21. The molecule has 0 bridgehead atoms. The lowest BCUT2D eigenvalue weighted by atomic mass is 10.1. The molecule has 130 valence electrons. The van der Waals surface area contributed by atoms with Crippen LogP contribution in [0, 0.1) is 19.3 Å². The molecule has 0 atom stereocenters. The molecule has 1 aromatic rings. The molecule has 0 saturated heterocycles. The maximum atomic E-state index is 12.1. The zero-order valence-corrected chi connectivity index (χ0v) is 14.1. The Morgan fingerprint density at radius 2 is 1.71 bits per heavy atom. The fraction of sp³-hybridized carbons (Fsp3) is 0.333. The number of guanidine groups is 1. The van der Waals surface area contributed by atoms with E-state index in [2.05, 4.69) is 5.32 Å². The maximum absolute atomic E-state index is 12.1. The summed E-state index contributed by atoms with van der Waals surface area (Å²) in [7, 11) is 1.39. The van der Waals surface area contributed by atoms with E-state index in [0.29, 0.717) is 11.1 Å². The van der Waals surface area contributed by atoms with Gasteiger partial charge < -0.3 is 20.5 Å². The first-order chi connectivity index (χ1) is 11.1. The molecule has 24 heavy (non-hydrogen) atoms. The number of amides is 2. The Kier molecular flexibility index (Phi) is 5.88. The van der Waals surface area contributed by atoms with Crippen molar-refractivity contribution in [2.45, 2.75) is 27.7 Å². The van der Waals surface area contributed by atoms with E-state index in [4.69, 9.17) is 20.6 Å². The molecule has 4 N–H and O–H groups in total. The predicted octanol–water partition coefficient (Wildman–Crippen LogP) is 1.19. The van der Waals surface area contributed by atoms with Crippen LogP contribution in [0.15, 0.2) is 6.07 Å². The van der Waals surface area contributed by atoms with Crippen LogP contribution in [0.2, 0.25) is 0 Å². The number of hydrogen-bond acceptors (Lipinski definition) is 6. The Morgan fingerprint density at radius 3 is 2.12 bits per heavy atom. The molecule has 0 spiro atoms. The molecule has 9 nitrogen and oxygen atoms in total. The van der Waals surface area contributed by atoms with Crippen LogP contribution < -0.4 is 25.4 Å². The molecule has 1 aromatic carbocycles. The predicted molar refractivity (Wildman–Crippen MR) is 87.4 cm³/mol. The molecule has 0 heterocycles. The van der Waals surface area contributed by atoms with E-state index in [1.165, 1.54) is 27.0 Å². The van der Waals surface area contributed by atoms with Crippen molar-refractivity contribution in [1.29, 1.82) is 5.41 Å². The minimum atomic E-state index is -0.636. The number of nitrogens with one attached hydrogen (secondary N) is 2. The van der Waals surface area contributed by atoms with E-state index in [1.54, 1.807) is 13.8 Å².